The second-order valence-electron chi connectivity index (χ2n) is 6.13. The highest BCUT2D eigenvalue weighted by molar-refractivity contribution is 7.92. The predicted molar refractivity (Wildman–Crippen MR) is 111 cm³/mol. The quantitative estimate of drug-likeness (QED) is 0.691. The maximum absolute atomic E-state index is 12.9. The lowest BCUT2D eigenvalue weighted by atomic mass is 10.1. The molecule has 0 spiro atoms. The van der Waals surface area contributed by atoms with Crippen molar-refractivity contribution in [3.63, 3.8) is 0 Å². The summed E-state index contributed by atoms with van der Waals surface area (Å²) < 4.78 is 36.6. The Morgan fingerprint density at radius 1 is 1.11 bits per heavy atom. The van der Waals surface area contributed by atoms with Crippen LogP contribution in [-0.2, 0) is 14.8 Å². The van der Waals surface area contributed by atoms with Gasteiger partial charge in [-0.3, -0.25) is 9.10 Å². The van der Waals surface area contributed by atoms with Crippen LogP contribution in [0.4, 0.5) is 11.4 Å². The Kier molecular flexibility index (Phi) is 7.28. The van der Waals surface area contributed by atoms with Crippen molar-refractivity contribution in [1.82, 2.24) is 0 Å². The number of carbonyl (C=O) groups is 1. The molecule has 0 saturated carbocycles. The molecule has 152 valence electrons. The Labute approximate surface area is 166 Å². The van der Waals surface area contributed by atoms with Gasteiger partial charge in [-0.05, 0) is 49.7 Å². The fraction of sp³-hybridized carbons (Fsp3) is 0.350. The van der Waals surface area contributed by atoms with Crippen LogP contribution in [0.5, 0.6) is 11.5 Å². The van der Waals surface area contributed by atoms with Crippen LogP contribution in [0.15, 0.2) is 48.5 Å². The Hall–Kier alpha value is -2.74. The molecule has 0 aliphatic heterocycles. The molecule has 0 fully saturated rings. The van der Waals surface area contributed by atoms with Crippen LogP contribution in [0.25, 0.3) is 0 Å². The number of nitrogens with one attached hydrogen (secondary N) is 1. The first kappa shape index (κ1) is 21.6. The molecule has 7 nitrogen and oxygen atoms in total. The lowest BCUT2D eigenvalue weighted by Gasteiger charge is -2.30. The molecule has 1 atom stereocenters. The highest BCUT2D eigenvalue weighted by Crippen LogP contribution is 2.26. The second kappa shape index (κ2) is 9.45. The van der Waals surface area contributed by atoms with E-state index in [-0.39, 0.29) is 0 Å². The van der Waals surface area contributed by atoms with Gasteiger partial charge in [0.15, 0.2) is 0 Å². The summed E-state index contributed by atoms with van der Waals surface area (Å²) in [5.74, 6) is 0.809. The lowest BCUT2D eigenvalue weighted by Crippen LogP contribution is -2.46. The highest BCUT2D eigenvalue weighted by Gasteiger charge is 2.31. The molecule has 2 aromatic carbocycles. The van der Waals surface area contributed by atoms with Crippen molar-refractivity contribution in [3.05, 3.63) is 48.5 Å². The van der Waals surface area contributed by atoms with Crippen molar-refractivity contribution in [2.75, 3.05) is 29.6 Å². The molecule has 28 heavy (non-hydrogen) atoms. The van der Waals surface area contributed by atoms with Crippen LogP contribution in [0.2, 0.25) is 0 Å². The first-order chi connectivity index (χ1) is 13.3. The minimum absolute atomic E-state index is 0.302. The normalized spacial score (nSPS) is 12.1. The van der Waals surface area contributed by atoms with E-state index in [0.717, 1.165) is 10.6 Å². The molecule has 1 N–H and O–H groups in total. The highest BCUT2D eigenvalue weighted by atomic mass is 32.2. The van der Waals surface area contributed by atoms with Crippen molar-refractivity contribution in [1.29, 1.82) is 0 Å². The van der Waals surface area contributed by atoms with Gasteiger partial charge in [0.05, 0.1) is 25.7 Å². The summed E-state index contributed by atoms with van der Waals surface area (Å²) in [5.41, 5.74) is 0.936. The van der Waals surface area contributed by atoms with E-state index < -0.39 is 22.0 Å². The maximum atomic E-state index is 12.9. The summed E-state index contributed by atoms with van der Waals surface area (Å²) in [6.45, 7) is 4.15. The predicted octanol–water partition coefficient (Wildman–Crippen LogP) is 3.28. The van der Waals surface area contributed by atoms with E-state index in [1.165, 1.54) is 7.11 Å². The number of ether oxygens (including phenoxy) is 2. The lowest BCUT2D eigenvalue weighted by molar-refractivity contribution is -0.117. The summed E-state index contributed by atoms with van der Waals surface area (Å²) in [4.78, 5) is 12.9. The van der Waals surface area contributed by atoms with Crippen molar-refractivity contribution in [3.8, 4) is 11.5 Å². The molecule has 8 heteroatoms. The fourth-order valence-electron chi connectivity index (χ4n) is 2.85. The zero-order chi connectivity index (χ0) is 20.7. The van der Waals surface area contributed by atoms with E-state index in [0.29, 0.717) is 35.9 Å². The van der Waals surface area contributed by atoms with Gasteiger partial charge in [-0.15, -0.1) is 0 Å². The average molecular weight is 407 g/mol. The third kappa shape index (κ3) is 5.39. The van der Waals surface area contributed by atoms with Gasteiger partial charge in [0.2, 0.25) is 15.9 Å². The number of amides is 1. The molecular formula is C20H26N2O5S. The van der Waals surface area contributed by atoms with E-state index in [1.807, 2.05) is 6.92 Å². The minimum Gasteiger partial charge on any atom is -0.497 e. The molecule has 1 amide bonds. The molecule has 0 aliphatic carbocycles. The molecule has 2 aromatic rings. The largest absolute Gasteiger partial charge is 0.497 e. The van der Waals surface area contributed by atoms with Crippen molar-refractivity contribution < 1.29 is 22.7 Å². The Morgan fingerprint density at radius 2 is 1.79 bits per heavy atom. The topological polar surface area (TPSA) is 84.9 Å². The van der Waals surface area contributed by atoms with E-state index in [9.17, 15) is 13.2 Å². The summed E-state index contributed by atoms with van der Waals surface area (Å²) in [5, 5.41) is 2.79. The first-order valence-electron chi connectivity index (χ1n) is 8.97. The van der Waals surface area contributed by atoms with Gasteiger partial charge in [-0.2, -0.15) is 0 Å². The molecule has 0 aliphatic rings. The number of hydrogen-bond acceptors (Lipinski definition) is 5. The van der Waals surface area contributed by atoms with Gasteiger partial charge in [0.1, 0.15) is 17.5 Å². The minimum atomic E-state index is -3.70. The number of rotatable bonds is 9. The molecule has 0 heterocycles. The summed E-state index contributed by atoms with van der Waals surface area (Å²) in [7, 11) is -2.17. The number of benzene rings is 2. The van der Waals surface area contributed by atoms with Crippen molar-refractivity contribution >= 4 is 27.3 Å². The standard InChI is InChI=1S/C20H26N2O5S/c1-5-19(20(23)21-15-8-7-9-18(14-15)27-6-2)22(28(4,24)25)16-10-12-17(26-3)13-11-16/h7-14,19H,5-6H2,1-4H3,(H,21,23)/t19-/m1/s1. The zero-order valence-corrected chi connectivity index (χ0v) is 17.3. The molecular weight excluding hydrogens is 380 g/mol. The van der Waals surface area contributed by atoms with Crippen LogP contribution in [0.1, 0.15) is 20.3 Å². The summed E-state index contributed by atoms with van der Waals surface area (Å²) in [6.07, 6.45) is 1.39. The smallest absolute Gasteiger partial charge is 0.248 e. The zero-order valence-electron chi connectivity index (χ0n) is 16.5. The Morgan fingerprint density at radius 3 is 2.32 bits per heavy atom. The average Bonchev–Trinajstić information content (AvgIpc) is 2.65. The van der Waals surface area contributed by atoms with E-state index in [4.69, 9.17) is 9.47 Å². The van der Waals surface area contributed by atoms with E-state index in [1.54, 1.807) is 55.5 Å². The number of carbonyl (C=O) groups excluding carboxylic acids is 1. The van der Waals surface area contributed by atoms with Gasteiger partial charge in [0.25, 0.3) is 0 Å². The Bertz CT molecular complexity index is 897. The first-order valence-corrected chi connectivity index (χ1v) is 10.8. The molecule has 0 unspecified atom stereocenters. The molecule has 0 radical (unpaired) electrons. The molecule has 0 aromatic heterocycles. The molecule has 0 bridgehead atoms. The van der Waals surface area contributed by atoms with Crippen molar-refractivity contribution in [2.45, 2.75) is 26.3 Å². The number of sulfonamides is 1. The molecule has 2 rings (SSSR count). The van der Waals surface area contributed by atoms with Gasteiger partial charge in [0, 0.05) is 11.8 Å². The van der Waals surface area contributed by atoms with Gasteiger partial charge in [-0.1, -0.05) is 13.0 Å². The van der Waals surface area contributed by atoms with Crippen LogP contribution in [0, 0.1) is 0 Å². The number of anilines is 2. The van der Waals surface area contributed by atoms with E-state index in [2.05, 4.69) is 5.32 Å². The third-order valence-electron chi connectivity index (χ3n) is 4.07. The van der Waals surface area contributed by atoms with E-state index >= 15 is 0 Å². The Balaban J connectivity index is 2.32. The summed E-state index contributed by atoms with van der Waals surface area (Å²) in [6, 6.07) is 12.6. The SMILES string of the molecule is CCOc1cccc(NC(=O)[C@@H](CC)N(c2ccc(OC)cc2)S(C)(=O)=O)c1. The summed E-state index contributed by atoms with van der Waals surface area (Å²) >= 11 is 0. The van der Waals surface area contributed by atoms with Crippen LogP contribution in [0.3, 0.4) is 0 Å². The third-order valence-corrected chi connectivity index (χ3v) is 5.25. The number of methoxy groups -OCH3 is 1. The molecule has 0 saturated heterocycles. The second-order valence-corrected chi connectivity index (χ2v) is 7.99. The maximum Gasteiger partial charge on any atom is 0.248 e. The van der Waals surface area contributed by atoms with Gasteiger partial charge >= 0.3 is 0 Å². The van der Waals surface area contributed by atoms with Crippen LogP contribution >= 0.6 is 0 Å². The van der Waals surface area contributed by atoms with Crippen molar-refractivity contribution in [2.24, 2.45) is 0 Å². The van der Waals surface area contributed by atoms with Gasteiger partial charge < -0.3 is 14.8 Å². The fourth-order valence-corrected chi connectivity index (χ4v) is 4.06. The number of hydrogen-bond donors (Lipinski definition) is 1. The van der Waals surface area contributed by atoms with Crippen LogP contribution < -0.4 is 19.1 Å². The van der Waals surface area contributed by atoms with Crippen LogP contribution in [-0.4, -0.2) is 40.3 Å². The van der Waals surface area contributed by atoms with Gasteiger partial charge in [-0.25, -0.2) is 8.42 Å². The monoisotopic (exact) mass is 406 g/mol. The number of nitrogens with zero attached hydrogens (tertiary/aromatic N) is 1.